The molecule has 3 nitrogen and oxygen atoms in total. The summed E-state index contributed by atoms with van der Waals surface area (Å²) in [6.07, 6.45) is 6.12. The molecule has 0 aliphatic rings. The maximum absolute atomic E-state index is 4.40. The van der Waals surface area contributed by atoms with Crippen molar-refractivity contribution in [3.8, 4) is 0 Å². The summed E-state index contributed by atoms with van der Waals surface area (Å²) in [7, 11) is 2.06. The maximum atomic E-state index is 4.40. The summed E-state index contributed by atoms with van der Waals surface area (Å²) in [5, 5.41) is 3.51. The molecule has 0 fully saturated rings. The van der Waals surface area contributed by atoms with Crippen LogP contribution < -0.4 is 5.32 Å². The highest BCUT2D eigenvalue weighted by Gasteiger charge is 2.20. The summed E-state index contributed by atoms with van der Waals surface area (Å²) in [6.45, 7) is 11.3. The van der Waals surface area contributed by atoms with Crippen LogP contribution in [0.3, 0.4) is 0 Å². The van der Waals surface area contributed by atoms with Crippen LogP contribution in [0.4, 0.5) is 0 Å². The van der Waals surface area contributed by atoms with Crippen molar-refractivity contribution >= 4 is 0 Å². The van der Waals surface area contributed by atoms with Crippen molar-refractivity contribution in [3.05, 3.63) is 18.2 Å². The Morgan fingerprint density at radius 1 is 1.41 bits per heavy atom. The molecule has 0 aromatic carbocycles. The third-order valence-corrected chi connectivity index (χ3v) is 3.09. The average molecular weight is 237 g/mol. The van der Waals surface area contributed by atoms with E-state index in [1.54, 1.807) is 0 Å². The molecule has 0 aliphatic carbocycles. The molecule has 1 rings (SSSR count). The van der Waals surface area contributed by atoms with Gasteiger partial charge in [0.2, 0.25) is 0 Å². The van der Waals surface area contributed by atoms with E-state index in [0.717, 1.165) is 25.4 Å². The molecule has 0 saturated heterocycles. The number of nitrogens with zero attached hydrogens (tertiary/aromatic N) is 2. The summed E-state index contributed by atoms with van der Waals surface area (Å²) in [5.74, 6) is 1.91. The Labute approximate surface area is 106 Å². The molecule has 0 atom stereocenters. The zero-order chi connectivity index (χ0) is 12.9. The minimum atomic E-state index is 0.309. The lowest BCUT2D eigenvalue weighted by Crippen LogP contribution is -2.27. The summed E-state index contributed by atoms with van der Waals surface area (Å²) in [4.78, 5) is 4.40. The number of rotatable bonds is 7. The van der Waals surface area contributed by atoms with Crippen molar-refractivity contribution < 1.29 is 0 Å². The molecule has 1 aromatic rings. The largest absolute Gasteiger partial charge is 0.338 e. The van der Waals surface area contributed by atoms with Gasteiger partial charge in [0.25, 0.3) is 0 Å². The molecule has 0 amide bonds. The minimum Gasteiger partial charge on any atom is -0.338 e. The van der Waals surface area contributed by atoms with Gasteiger partial charge in [-0.25, -0.2) is 4.98 Å². The van der Waals surface area contributed by atoms with Crippen molar-refractivity contribution in [1.29, 1.82) is 0 Å². The maximum Gasteiger partial charge on any atom is 0.108 e. The van der Waals surface area contributed by atoms with Gasteiger partial charge in [0.05, 0.1) is 0 Å². The number of aromatic nitrogens is 2. The van der Waals surface area contributed by atoms with Crippen LogP contribution in [0.2, 0.25) is 0 Å². The molecular formula is C14H27N3. The molecule has 0 bridgehead atoms. The Morgan fingerprint density at radius 3 is 2.65 bits per heavy atom. The van der Waals surface area contributed by atoms with Gasteiger partial charge in [-0.2, -0.15) is 0 Å². The van der Waals surface area contributed by atoms with Crippen LogP contribution in [-0.2, 0) is 13.5 Å². The molecule has 98 valence electrons. The van der Waals surface area contributed by atoms with E-state index < -0.39 is 0 Å². The number of hydrogen-bond donors (Lipinski definition) is 1. The Hall–Kier alpha value is -0.830. The molecule has 1 N–H and O–H groups in total. The molecule has 17 heavy (non-hydrogen) atoms. The van der Waals surface area contributed by atoms with E-state index >= 15 is 0 Å². The van der Waals surface area contributed by atoms with E-state index in [9.17, 15) is 0 Å². The lowest BCUT2D eigenvalue weighted by Gasteiger charge is -2.24. The monoisotopic (exact) mass is 237 g/mol. The zero-order valence-corrected chi connectivity index (χ0v) is 12.0. The van der Waals surface area contributed by atoms with E-state index in [0.29, 0.717) is 5.41 Å². The fraction of sp³-hybridized carbons (Fsp3) is 0.786. The summed E-state index contributed by atoms with van der Waals surface area (Å²) in [6, 6.07) is 0. The van der Waals surface area contributed by atoms with E-state index in [4.69, 9.17) is 0 Å². The van der Waals surface area contributed by atoms with E-state index in [2.05, 4.69) is 49.6 Å². The van der Waals surface area contributed by atoms with E-state index in [-0.39, 0.29) is 0 Å². The van der Waals surface area contributed by atoms with Gasteiger partial charge in [-0.3, -0.25) is 0 Å². The molecular weight excluding hydrogens is 210 g/mol. The fourth-order valence-electron chi connectivity index (χ4n) is 1.90. The van der Waals surface area contributed by atoms with Crippen LogP contribution in [0.25, 0.3) is 0 Å². The molecule has 1 heterocycles. The predicted octanol–water partition coefficient (Wildman–Crippen LogP) is 2.62. The van der Waals surface area contributed by atoms with E-state index in [1.807, 2.05) is 12.4 Å². The molecule has 0 aliphatic heterocycles. The van der Waals surface area contributed by atoms with Crippen molar-refractivity contribution in [1.82, 2.24) is 14.9 Å². The van der Waals surface area contributed by atoms with Gasteiger partial charge in [0.15, 0.2) is 0 Å². The third-order valence-electron chi connectivity index (χ3n) is 3.09. The van der Waals surface area contributed by atoms with Gasteiger partial charge >= 0.3 is 0 Å². The zero-order valence-electron chi connectivity index (χ0n) is 12.0. The second-order valence-electron chi connectivity index (χ2n) is 6.14. The van der Waals surface area contributed by atoms with Gasteiger partial charge in [-0.05, 0) is 30.8 Å². The van der Waals surface area contributed by atoms with Crippen molar-refractivity contribution in [3.63, 3.8) is 0 Å². The smallest absolute Gasteiger partial charge is 0.108 e. The highest BCUT2D eigenvalue weighted by atomic mass is 15.0. The van der Waals surface area contributed by atoms with Gasteiger partial charge < -0.3 is 9.88 Å². The molecule has 3 heteroatoms. The highest BCUT2D eigenvalue weighted by molar-refractivity contribution is 4.95. The predicted molar refractivity (Wildman–Crippen MR) is 73.0 cm³/mol. The van der Waals surface area contributed by atoms with Crippen molar-refractivity contribution in [2.24, 2.45) is 18.4 Å². The van der Waals surface area contributed by atoms with Crippen LogP contribution in [0.1, 0.15) is 39.9 Å². The lowest BCUT2D eigenvalue weighted by molar-refractivity contribution is 0.313. The van der Waals surface area contributed by atoms with Crippen molar-refractivity contribution in [2.45, 2.75) is 40.5 Å². The lowest BCUT2D eigenvalue weighted by atomic mass is 9.85. The second-order valence-corrected chi connectivity index (χ2v) is 6.14. The number of hydrogen-bond acceptors (Lipinski definition) is 2. The number of imidazole rings is 1. The molecule has 0 radical (unpaired) electrons. The first-order valence-corrected chi connectivity index (χ1v) is 6.57. The first-order chi connectivity index (χ1) is 7.91. The number of nitrogens with one attached hydrogen (secondary N) is 1. The van der Waals surface area contributed by atoms with Crippen LogP contribution in [0.15, 0.2) is 12.4 Å². The fourth-order valence-corrected chi connectivity index (χ4v) is 1.90. The summed E-state index contributed by atoms with van der Waals surface area (Å²) >= 11 is 0. The van der Waals surface area contributed by atoms with Crippen LogP contribution in [0, 0.1) is 11.3 Å². The Balaban J connectivity index is 2.33. The topological polar surface area (TPSA) is 29.9 Å². The van der Waals surface area contributed by atoms with E-state index in [1.165, 1.54) is 12.2 Å². The molecule has 1 aromatic heterocycles. The second kappa shape index (κ2) is 6.20. The normalized spacial score (nSPS) is 12.4. The van der Waals surface area contributed by atoms with Gasteiger partial charge in [-0.15, -0.1) is 0 Å². The first-order valence-electron chi connectivity index (χ1n) is 6.57. The molecule has 0 spiro atoms. The van der Waals surface area contributed by atoms with Gasteiger partial charge in [-0.1, -0.05) is 27.7 Å². The SMILES string of the molecule is CC(C)CNCCC(C)(C)Cc1nccn1C. The van der Waals surface area contributed by atoms with Crippen LogP contribution >= 0.6 is 0 Å². The van der Waals surface area contributed by atoms with Gasteiger partial charge in [0, 0.05) is 25.9 Å². The molecule has 0 saturated carbocycles. The number of aryl methyl sites for hydroxylation is 1. The average Bonchev–Trinajstić information content (AvgIpc) is 2.58. The Bertz CT molecular complexity index is 326. The summed E-state index contributed by atoms with van der Waals surface area (Å²) < 4.78 is 2.11. The van der Waals surface area contributed by atoms with Crippen LogP contribution in [0.5, 0.6) is 0 Å². The Kier molecular flexibility index (Phi) is 5.19. The quantitative estimate of drug-likeness (QED) is 0.739. The van der Waals surface area contributed by atoms with Crippen LogP contribution in [-0.4, -0.2) is 22.6 Å². The minimum absolute atomic E-state index is 0.309. The highest BCUT2D eigenvalue weighted by Crippen LogP contribution is 2.24. The third kappa shape index (κ3) is 5.35. The van der Waals surface area contributed by atoms with Gasteiger partial charge in [0.1, 0.15) is 5.82 Å². The Morgan fingerprint density at radius 2 is 2.12 bits per heavy atom. The summed E-state index contributed by atoms with van der Waals surface area (Å²) in [5.41, 5.74) is 0.309. The molecule has 0 unspecified atom stereocenters. The first kappa shape index (κ1) is 14.2. The standard InChI is InChI=1S/C14H27N3/c1-12(2)11-15-7-6-14(3,4)10-13-16-8-9-17(13)5/h8-9,12,15H,6-7,10-11H2,1-5H3. The van der Waals surface area contributed by atoms with Crippen molar-refractivity contribution in [2.75, 3.05) is 13.1 Å².